The van der Waals surface area contributed by atoms with Gasteiger partial charge < -0.3 is 4.74 Å². The number of benzene rings is 1. The number of Topliss-reactive ketones (excluding diaryl/α,β-unsaturated/α-hetero) is 2. The zero-order chi connectivity index (χ0) is 17.3. The molecule has 2 fully saturated rings. The highest BCUT2D eigenvalue weighted by atomic mass is 16.5. The van der Waals surface area contributed by atoms with Crippen molar-refractivity contribution in [3.63, 3.8) is 0 Å². The molecular formula is C20H22O4. The van der Waals surface area contributed by atoms with Crippen molar-refractivity contribution < 1.29 is 19.1 Å². The smallest absolute Gasteiger partial charge is 0.310 e. The molecule has 1 aromatic rings. The molecule has 0 aliphatic heterocycles. The average Bonchev–Trinajstić information content (AvgIpc) is 3.12. The van der Waals surface area contributed by atoms with Crippen molar-refractivity contribution in [1.29, 1.82) is 0 Å². The van der Waals surface area contributed by atoms with E-state index in [1.165, 1.54) is 0 Å². The van der Waals surface area contributed by atoms with Crippen LogP contribution in [-0.2, 0) is 14.3 Å². The molecule has 0 saturated heterocycles. The summed E-state index contributed by atoms with van der Waals surface area (Å²) in [6, 6.07) is 9.01. The highest BCUT2D eigenvalue weighted by Crippen LogP contribution is 2.54. The maximum Gasteiger partial charge on any atom is 0.310 e. The number of carbonyl (C=O) groups is 3. The average molecular weight is 326 g/mol. The van der Waals surface area contributed by atoms with E-state index in [2.05, 4.69) is 0 Å². The Balaban J connectivity index is 1.99. The molecule has 0 amide bonds. The highest BCUT2D eigenvalue weighted by molar-refractivity contribution is 6.09. The van der Waals surface area contributed by atoms with Gasteiger partial charge in [0.05, 0.1) is 12.5 Å². The molecule has 2 bridgehead atoms. The minimum Gasteiger partial charge on any atom is -0.466 e. The van der Waals surface area contributed by atoms with E-state index in [0.717, 1.165) is 12.0 Å². The van der Waals surface area contributed by atoms with Gasteiger partial charge in [-0.25, -0.2) is 0 Å². The molecule has 2 aliphatic rings. The molecule has 0 unspecified atom stereocenters. The maximum absolute atomic E-state index is 13.1. The molecule has 24 heavy (non-hydrogen) atoms. The summed E-state index contributed by atoms with van der Waals surface area (Å²) < 4.78 is 5.18. The van der Waals surface area contributed by atoms with E-state index in [-0.39, 0.29) is 24.1 Å². The number of hydrogen-bond donors (Lipinski definition) is 0. The summed E-state index contributed by atoms with van der Waals surface area (Å²) in [5, 5.41) is 0. The minimum atomic E-state index is -0.649. The van der Waals surface area contributed by atoms with E-state index in [9.17, 15) is 14.4 Å². The first kappa shape index (κ1) is 16.6. The first-order valence-corrected chi connectivity index (χ1v) is 8.60. The zero-order valence-electron chi connectivity index (χ0n) is 14.0. The molecule has 4 atom stereocenters. The van der Waals surface area contributed by atoms with Crippen molar-refractivity contribution in [2.75, 3.05) is 6.61 Å². The summed E-state index contributed by atoms with van der Waals surface area (Å²) in [5.41, 5.74) is 1.32. The molecular weight excluding hydrogens is 304 g/mol. The van der Waals surface area contributed by atoms with Gasteiger partial charge in [0.25, 0.3) is 0 Å². The van der Waals surface area contributed by atoms with Gasteiger partial charge in [-0.3, -0.25) is 14.4 Å². The lowest BCUT2D eigenvalue weighted by Gasteiger charge is -2.29. The molecule has 0 N–H and O–H groups in total. The number of ketones is 2. The van der Waals surface area contributed by atoms with Crippen LogP contribution in [0.1, 0.15) is 37.0 Å². The summed E-state index contributed by atoms with van der Waals surface area (Å²) >= 11 is 0. The Labute approximate surface area is 141 Å². The third-order valence-electron chi connectivity index (χ3n) is 5.13. The first-order valence-electron chi connectivity index (χ1n) is 8.60. The van der Waals surface area contributed by atoms with Crippen LogP contribution in [0.15, 0.2) is 42.0 Å². The van der Waals surface area contributed by atoms with Gasteiger partial charge in [0, 0.05) is 17.4 Å². The number of rotatable bonds is 5. The molecule has 0 radical (unpaired) electrons. The fourth-order valence-electron chi connectivity index (χ4n) is 4.22. The maximum atomic E-state index is 13.1. The van der Waals surface area contributed by atoms with Gasteiger partial charge >= 0.3 is 5.97 Å². The Bertz CT molecular complexity index is 689. The molecule has 1 aromatic carbocycles. The number of hydrogen-bond acceptors (Lipinski definition) is 4. The monoisotopic (exact) mass is 326 g/mol. The van der Waals surface area contributed by atoms with E-state index < -0.39 is 23.7 Å². The van der Waals surface area contributed by atoms with Crippen molar-refractivity contribution in [2.24, 2.45) is 23.7 Å². The van der Waals surface area contributed by atoms with Crippen LogP contribution in [0.25, 0.3) is 0 Å². The second-order valence-corrected chi connectivity index (χ2v) is 6.41. The van der Waals surface area contributed by atoms with E-state index in [0.29, 0.717) is 12.0 Å². The Morgan fingerprint density at radius 3 is 2.46 bits per heavy atom. The zero-order valence-corrected chi connectivity index (χ0v) is 14.0. The Morgan fingerprint density at radius 1 is 1.12 bits per heavy atom. The van der Waals surface area contributed by atoms with Crippen molar-refractivity contribution >= 4 is 17.5 Å². The van der Waals surface area contributed by atoms with E-state index in [1.807, 2.05) is 31.2 Å². The lowest BCUT2D eigenvalue weighted by Crippen LogP contribution is -2.40. The van der Waals surface area contributed by atoms with Crippen molar-refractivity contribution in [1.82, 2.24) is 0 Å². The van der Waals surface area contributed by atoms with Crippen LogP contribution < -0.4 is 0 Å². The number of esters is 1. The number of carbonyl (C=O) groups excluding carboxylic acids is 3. The summed E-state index contributed by atoms with van der Waals surface area (Å²) in [6.07, 6.45) is 3.25. The van der Waals surface area contributed by atoms with Gasteiger partial charge in [-0.1, -0.05) is 43.3 Å². The summed E-state index contributed by atoms with van der Waals surface area (Å²) in [4.78, 5) is 38.1. The lowest BCUT2D eigenvalue weighted by atomic mass is 9.72. The Kier molecular flexibility index (Phi) is 4.65. The fourth-order valence-corrected chi connectivity index (χ4v) is 4.22. The SMILES string of the molecule is CC/C=C1/C(=O)[C@H]2C[C@@H]1[C@@H](C(=O)c1ccccc1)[C@@H]2C(=O)OCC. The van der Waals surface area contributed by atoms with Gasteiger partial charge in [0.15, 0.2) is 11.6 Å². The van der Waals surface area contributed by atoms with E-state index in [4.69, 9.17) is 4.74 Å². The molecule has 4 nitrogen and oxygen atoms in total. The standard InChI is InChI=1S/C20H22O4/c1-3-8-13-14-11-15(19(13)22)17(20(23)24-4-2)16(14)18(21)12-9-6-5-7-10-12/h5-10,14-17H,3-4,11H2,1-2H3/b13-8+/t14-,15-,16+,17+/m0/s1. The summed E-state index contributed by atoms with van der Waals surface area (Å²) in [7, 11) is 0. The third kappa shape index (κ3) is 2.60. The first-order chi connectivity index (χ1) is 11.6. The van der Waals surface area contributed by atoms with Crippen LogP contribution >= 0.6 is 0 Å². The van der Waals surface area contributed by atoms with Crippen LogP contribution in [0.4, 0.5) is 0 Å². The van der Waals surface area contributed by atoms with E-state index in [1.54, 1.807) is 19.1 Å². The number of ether oxygens (including phenoxy) is 1. The predicted octanol–water partition coefficient (Wildman–Crippen LogP) is 3.22. The van der Waals surface area contributed by atoms with Crippen LogP contribution in [0.3, 0.4) is 0 Å². The highest BCUT2D eigenvalue weighted by Gasteiger charge is 2.60. The largest absolute Gasteiger partial charge is 0.466 e. The second kappa shape index (κ2) is 6.71. The Morgan fingerprint density at radius 2 is 1.83 bits per heavy atom. The van der Waals surface area contributed by atoms with Crippen molar-refractivity contribution in [2.45, 2.75) is 26.7 Å². The van der Waals surface area contributed by atoms with Gasteiger partial charge in [0.1, 0.15) is 0 Å². The molecule has 0 heterocycles. The van der Waals surface area contributed by atoms with Crippen molar-refractivity contribution in [3.05, 3.63) is 47.5 Å². The van der Waals surface area contributed by atoms with Crippen LogP contribution in [0.2, 0.25) is 0 Å². The number of fused-ring (bicyclic) bond motifs is 2. The lowest BCUT2D eigenvalue weighted by molar-refractivity contribution is -0.152. The minimum absolute atomic E-state index is 0.0250. The van der Waals surface area contributed by atoms with Crippen molar-refractivity contribution in [3.8, 4) is 0 Å². The number of allylic oxidation sites excluding steroid dienone is 2. The van der Waals surface area contributed by atoms with Crippen LogP contribution in [-0.4, -0.2) is 24.1 Å². The summed E-state index contributed by atoms with van der Waals surface area (Å²) in [5.74, 6) is -2.17. The van der Waals surface area contributed by atoms with Gasteiger partial charge in [-0.05, 0) is 31.3 Å². The summed E-state index contributed by atoms with van der Waals surface area (Å²) in [6.45, 7) is 3.97. The molecule has 0 spiro atoms. The van der Waals surface area contributed by atoms with E-state index >= 15 is 0 Å². The topological polar surface area (TPSA) is 60.4 Å². The predicted molar refractivity (Wildman–Crippen MR) is 89.4 cm³/mol. The molecule has 4 heteroatoms. The second-order valence-electron chi connectivity index (χ2n) is 6.41. The van der Waals surface area contributed by atoms with Gasteiger partial charge in [-0.2, -0.15) is 0 Å². The third-order valence-corrected chi connectivity index (χ3v) is 5.13. The molecule has 126 valence electrons. The van der Waals surface area contributed by atoms with Crippen LogP contribution in [0, 0.1) is 23.7 Å². The molecule has 3 rings (SSSR count). The van der Waals surface area contributed by atoms with Gasteiger partial charge in [0.2, 0.25) is 0 Å². The molecule has 2 aliphatic carbocycles. The molecule has 0 aromatic heterocycles. The fraction of sp³-hybridized carbons (Fsp3) is 0.450. The quantitative estimate of drug-likeness (QED) is 0.473. The normalized spacial score (nSPS) is 29.9. The van der Waals surface area contributed by atoms with Gasteiger partial charge in [-0.15, -0.1) is 0 Å². The van der Waals surface area contributed by atoms with Crippen LogP contribution in [0.5, 0.6) is 0 Å². The molecule has 2 saturated carbocycles. The Hall–Kier alpha value is -2.23.